The number of likely N-dealkylation sites (tertiary alicyclic amines) is 1. The molecule has 0 bridgehead atoms. The number of rotatable bonds is 8. The maximum Gasteiger partial charge on any atom is 0.251 e. The zero-order chi connectivity index (χ0) is 23.9. The summed E-state index contributed by atoms with van der Waals surface area (Å²) in [5.41, 5.74) is 1.31. The molecule has 1 fully saturated rings. The van der Waals surface area contributed by atoms with Crippen LogP contribution in [0.5, 0.6) is 5.75 Å². The summed E-state index contributed by atoms with van der Waals surface area (Å²) in [5.74, 6) is 1.29. The highest BCUT2D eigenvalue weighted by molar-refractivity contribution is 5.94. The molecule has 1 amide bonds. The third-order valence-corrected chi connectivity index (χ3v) is 5.90. The summed E-state index contributed by atoms with van der Waals surface area (Å²) in [4.78, 5) is 15.0. The van der Waals surface area contributed by atoms with Crippen molar-refractivity contribution in [2.75, 3.05) is 13.1 Å². The highest BCUT2D eigenvalue weighted by Crippen LogP contribution is 2.18. The summed E-state index contributed by atoms with van der Waals surface area (Å²) in [6.45, 7) is 1.96. The minimum Gasteiger partial charge on any atom is -0.489 e. The molecule has 2 atom stereocenters. The number of benzene rings is 2. The summed E-state index contributed by atoms with van der Waals surface area (Å²) >= 11 is 0. The number of carbonyl (C=O) groups excluding carboxylic acids is 1. The van der Waals surface area contributed by atoms with Gasteiger partial charge in [0.1, 0.15) is 36.3 Å². The van der Waals surface area contributed by atoms with Gasteiger partial charge in [-0.25, -0.2) is 4.39 Å². The summed E-state index contributed by atoms with van der Waals surface area (Å²) < 4.78 is 24.3. The van der Waals surface area contributed by atoms with Crippen LogP contribution in [-0.4, -0.2) is 46.3 Å². The zero-order valence-electron chi connectivity index (χ0n) is 18.8. The number of halogens is 1. The van der Waals surface area contributed by atoms with Crippen LogP contribution in [0.15, 0.2) is 65.1 Å². The van der Waals surface area contributed by atoms with E-state index in [-0.39, 0.29) is 18.3 Å². The van der Waals surface area contributed by atoms with Gasteiger partial charge in [-0.2, -0.15) is 0 Å². The van der Waals surface area contributed by atoms with E-state index in [4.69, 9.17) is 9.15 Å². The number of carbonyl (C=O) groups is 1. The lowest BCUT2D eigenvalue weighted by molar-refractivity contribution is 0.0794. The van der Waals surface area contributed by atoms with Gasteiger partial charge in [0.15, 0.2) is 0 Å². The van der Waals surface area contributed by atoms with Gasteiger partial charge in [-0.05, 0) is 73.5 Å². The Hall–Kier alpha value is -3.20. The molecule has 3 N–H and O–H groups in total. The van der Waals surface area contributed by atoms with Crippen molar-refractivity contribution in [1.82, 2.24) is 10.2 Å². The van der Waals surface area contributed by atoms with Gasteiger partial charge in [0.2, 0.25) is 0 Å². The lowest BCUT2D eigenvalue weighted by Gasteiger charge is -2.26. The van der Waals surface area contributed by atoms with Crippen LogP contribution in [0.2, 0.25) is 0 Å². The van der Waals surface area contributed by atoms with Crippen LogP contribution in [0.25, 0.3) is 0 Å². The van der Waals surface area contributed by atoms with Crippen molar-refractivity contribution in [1.29, 1.82) is 0 Å². The molecule has 1 saturated heterocycles. The Kier molecular flexibility index (Phi) is 7.95. The molecular weight excluding hydrogens is 439 g/mol. The number of hydrogen-bond acceptors (Lipinski definition) is 6. The Bertz CT molecular complexity index is 1070. The van der Waals surface area contributed by atoms with Crippen molar-refractivity contribution >= 4 is 5.91 Å². The van der Waals surface area contributed by atoms with Gasteiger partial charge in [-0.15, -0.1) is 0 Å². The predicted molar refractivity (Wildman–Crippen MR) is 124 cm³/mol. The van der Waals surface area contributed by atoms with E-state index in [2.05, 4.69) is 10.2 Å². The topological polar surface area (TPSA) is 95.2 Å². The van der Waals surface area contributed by atoms with E-state index in [9.17, 15) is 19.4 Å². The number of aliphatic hydroxyl groups excluding tert-OH is 2. The molecule has 1 aliphatic heterocycles. The molecule has 8 heteroatoms. The second-order valence-corrected chi connectivity index (χ2v) is 8.49. The van der Waals surface area contributed by atoms with E-state index in [1.807, 2.05) is 6.07 Å². The van der Waals surface area contributed by atoms with Crippen LogP contribution in [-0.2, 0) is 19.8 Å². The van der Waals surface area contributed by atoms with Crippen molar-refractivity contribution in [3.05, 3.63) is 89.1 Å². The zero-order valence-corrected chi connectivity index (χ0v) is 18.8. The monoisotopic (exact) mass is 468 g/mol. The fraction of sp³-hybridized carbons (Fsp3) is 0.346. The van der Waals surface area contributed by atoms with E-state index in [1.54, 1.807) is 42.5 Å². The molecule has 2 heterocycles. The first-order chi connectivity index (χ1) is 16.5. The second-order valence-electron chi connectivity index (χ2n) is 8.49. The largest absolute Gasteiger partial charge is 0.489 e. The number of ether oxygens (including phenoxy) is 1. The first-order valence-corrected chi connectivity index (χ1v) is 11.4. The lowest BCUT2D eigenvalue weighted by atomic mass is 10.1. The minimum absolute atomic E-state index is 0.145. The fourth-order valence-electron chi connectivity index (χ4n) is 4.02. The Morgan fingerprint density at radius 3 is 2.53 bits per heavy atom. The SMILES string of the molecule is O=C(NC1CN(Cc2ccc(CO)o2)CCCC1O)c1ccc(OCc2ccc(F)cc2)cc1. The number of aliphatic hydroxyl groups is 2. The quantitative estimate of drug-likeness (QED) is 0.470. The van der Waals surface area contributed by atoms with Crippen LogP contribution in [0.4, 0.5) is 4.39 Å². The van der Waals surface area contributed by atoms with E-state index < -0.39 is 12.1 Å². The number of nitrogens with zero attached hydrogens (tertiary/aromatic N) is 1. The Morgan fingerprint density at radius 2 is 1.82 bits per heavy atom. The molecule has 0 spiro atoms. The molecule has 3 aromatic rings. The van der Waals surface area contributed by atoms with Gasteiger partial charge < -0.3 is 24.7 Å². The van der Waals surface area contributed by atoms with Crippen LogP contribution in [0.1, 0.15) is 40.3 Å². The summed E-state index contributed by atoms with van der Waals surface area (Å²) in [7, 11) is 0. The molecule has 0 saturated carbocycles. The first kappa shape index (κ1) is 23.9. The average molecular weight is 469 g/mol. The molecule has 0 aliphatic carbocycles. The molecule has 7 nitrogen and oxygen atoms in total. The molecule has 2 unspecified atom stereocenters. The summed E-state index contributed by atoms with van der Waals surface area (Å²) in [6, 6.07) is 16.0. The molecule has 2 aromatic carbocycles. The van der Waals surface area contributed by atoms with E-state index >= 15 is 0 Å². The third kappa shape index (κ3) is 6.44. The molecule has 34 heavy (non-hydrogen) atoms. The van der Waals surface area contributed by atoms with Crippen molar-refractivity contribution in [3.63, 3.8) is 0 Å². The van der Waals surface area contributed by atoms with Gasteiger partial charge in [0.05, 0.1) is 18.7 Å². The Balaban J connectivity index is 1.32. The normalized spacial score (nSPS) is 18.9. The maximum atomic E-state index is 13.0. The standard InChI is InChI=1S/C26H29FN2O5/c27-20-7-3-18(4-8-20)17-33-21-9-5-19(6-10-21)26(32)28-24-15-29(13-1-2-25(24)31)14-22-11-12-23(16-30)34-22/h3-12,24-25,30-31H,1-2,13-17H2,(H,28,32). The first-order valence-electron chi connectivity index (χ1n) is 11.4. The number of nitrogens with one attached hydrogen (secondary N) is 1. The lowest BCUT2D eigenvalue weighted by Crippen LogP contribution is -2.48. The van der Waals surface area contributed by atoms with Crippen molar-refractivity contribution < 1.29 is 28.6 Å². The van der Waals surface area contributed by atoms with Crippen molar-refractivity contribution in [3.8, 4) is 5.75 Å². The van der Waals surface area contributed by atoms with Gasteiger partial charge in [0.25, 0.3) is 5.91 Å². The number of amides is 1. The summed E-state index contributed by atoms with van der Waals surface area (Å²) in [5, 5.41) is 22.7. The highest BCUT2D eigenvalue weighted by Gasteiger charge is 2.27. The number of hydrogen-bond donors (Lipinski definition) is 3. The van der Waals surface area contributed by atoms with Crippen molar-refractivity contribution in [2.45, 2.75) is 44.7 Å². The van der Waals surface area contributed by atoms with Crippen LogP contribution < -0.4 is 10.1 Å². The molecule has 180 valence electrons. The van der Waals surface area contributed by atoms with Gasteiger partial charge in [0, 0.05) is 12.1 Å². The molecular formula is C26H29FN2O5. The maximum absolute atomic E-state index is 13.0. The van der Waals surface area contributed by atoms with Gasteiger partial charge in [-0.3, -0.25) is 9.69 Å². The minimum atomic E-state index is -0.642. The van der Waals surface area contributed by atoms with Gasteiger partial charge >= 0.3 is 0 Å². The molecule has 4 rings (SSSR count). The smallest absolute Gasteiger partial charge is 0.251 e. The summed E-state index contributed by atoms with van der Waals surface area (Å²) in [6.07, 6.45) is 0.760. The van der Waals surface area contributed by atoms with E-state index in [0.29, 0.717) is 43.2 Å². The predicted octanol–water partition coefficient (Wildman–Crippen LogP) is 3.25. The fourth-order valence-corrected chi connectivity index (χ4v) is 4.02. The Labute approximate surface area is 197 Å². The highest BCUT2D eigenvalue weighted by atomic mass is 19.1. The Morgan fingerprint density at radius 1 is 1.09 bits per heavy atom. The van der Waals surface area contributed by atoms with Crippen molar-refractivity contribution in [2.24, 2.45) is 0 Å². The van der Waals surface area contributed by atoms with Crippen LogP contribution >= 0.6 is 0 Å². The van der Waals surface area contributed by atoms with Crippen LogP contribution in [0, 0.1) is 5.82 Å². The number of furan rings is 1. The molecule has 1 aromatic heterocycles. The second kappa shape index (κ2) is 11.3. The molecule has 1 aliphatic rings. The van der Waals surface area contributed by atoms with E-state index in [1.165, 1.54) is 12.1 Å². The van der Waals surface area contributed by atoms with E-state index in [0.717, 1.165) is 24.3 Å². The third-order valence-electron chi connectivity index (χ3n) is 5.90. The molecule has 0 radical (unpaired) electrons. The van der Waals surface area contributed by atoms with Gasteiger partial charge in [-0.1, -0.05) is 12.1 Å². The van der Waals surface area contributed by atoms with Crippen LogP contribution in [0.3, 0.4) is 0 Å². The average Bonchev–Trinajstić information content (AvgIpc) is 3.23.